The van der Waals surface area contributed by atoms with Crippen molar-refractivity contribution in [3.63, 3.8) is 0 Å². The second kappa shape index (κ2) is 6.84. The van der Waals surface area contributed by atoms with Crippen molar-refractivity contribution in [2.75, 3.05) is 24.4 Å². The highest BCUT2D eigenvalue weighted by Crippen LogP contribution is 2.36. The molecule has 1 aliphatic heterocycles. The number of rotatable bonds is 5. The molecule has 3 rings (SSSR count). The Balaban J connectivity index is 1.70. The highest BCUT2D eigenvalue weighted by molar-refractivity contribution is 5.97. The second-order valence-corrected chi connectivity index (χ2v) is 5.88. The van der Waals surface area contributed by atoms with Gasteiger partial charge in [0.25, 0.3) is 5.91 Å². The Bertz CT molecular complexity index is 815. The average molecular weight is 344 g/mol. The van der Waals surface area contributed by atoms with E-state index in [-0.39, 0.29) is 24.3 Å². The standard InChI is InChI=1S/C17H20N4O4/c1-10-8-13(22)19-17-15(10)16(20-21(17)2)18-14(23)9-25-12-7-5-4-6-11(12)24-3/h4-7,10H,8-9H2,1-3H3,(H,19,22)(H,18,20,23). The van der Waals surface area contributed by atoms with Gasteiger partial charge in [0.05, 0.1) is 7.11 Å². The van der Waals surface area contributed by atoms with E-state index in [1.54, 1.807) is 29.9 Å². The van der Waals surface area contributed by atoms with Gasteiger partial charge in [-0.15, -0.1) is 0 Å². The van der Waals surface area contributed by atoms with Crippen LogP contribution in [-0.2, 0) is 16.6 Å². The molecule has 0 spiro atoms. The van der Waals surface area contributed by atoms with Crippen molar-refractivity contribution in [3.8, 4) is 11.5 Å². The number of para-hydroxylation sites is 2. The Hall–Kier alpha value is -3.03. The number of hydrogen-bond donors (Lipinski definition) is 2. The predicted octanol–water partition coefficient (Wildman–Crippen LogP) is 1.89. The normalized spacial score (nSPS) is 16.0. The number of fused-ring (bicyclic) bond motifs is 1. The van der Waals surface area contributed by atoms with E-state index in [2.05, 4.69) is 15.7 Å². The molecule has 1 unspecified atom stereocenters. The lowest BCUT2D eigenvalue weighted by molar-refractivity contribution is -0.118. The van der Waals surface area contributed by atoms with Gasteiger partial charge in [0.1, 0.15) is 5.82 Å². The quantitative estimate of drug-likeness (QED) is 0.864. The Labute approximate surface area is 145 Å². The third-order valence-electron chi connectivity index (χ3n) is 4.01. The summed E-state index contributed by atoms with van der Waals surface area (Å²) in [6, 6.07) is 7.11. The summed E-state index contributed by atoms with van der Waals surface area (Å²) in [4.78, 5) is 23.9. The molecule has 0 bridgehead atoms. The molecule has 1 atom stereocenters. The van der Waals surface area contributed by atoms with Gasteiger partial charge in [-0.2, -0.15) is 5.10 Å². The van der Waals surface area contributed by atoms with Crippen molar-refractivity contribution in [3.05, 3.63) is 29.8 Å². The molecule has 2 N–H and O–H groups in total. The molecule has 0 saturated carbocycles. The Morgan fingerprint density at radius 2 is 2.12 bits per heavy atom. The minimum Gasteiger partial charge on any atom is -0.493 e. The van der Waals surface area contributed by atoms with E-state index < -0.39 is 0 Å². The molecular weight excluding hydrogens is 324 g/mol. The number of aryl methyl sites for hydroxylation is 1. The molecular formula is C17H20N4O4. The minimum atomic E-state index is -0.337. The fourth-order valence-corrected chi connectivity index (χ4v) is 2.86. The number of aromatic nitrogens is 2. The number of hydrogen-bond acceptors (Lipinski definition) is 5. The summed E-state index contributed by atoms with van der Waals surface area (Å²) in [6.45, 7) is 1.76. The number of carbonyl (C=O) groups excluding carboxylic acids is 2. The van der Waals surface area contributed by atoms with E-state index >= 15 is 0 Å². The van der Waals surface area contributed by atoms with Gasteiger partial charge in [-0.1, -0.05) is 19.1 Å². The van der Waals surface area contributed by atoms with Crippen molar-refractivity contribution in [2.24, 2.45) is 7.05 Å². The molecule has 0 radical (unpaired) electrons. The van der Waals surface area contributed by atoms with Crippen LogP contribution in [0.15, 0.2) is 24.3 Å². The lowest BCUT2D eigenvalue weighted by atomic mass is 9.95. The van der Waals surface area contributed by atoms with Gasteiger partial charge >= 0.3 is 0 Å². The van der Waals surface area contributed by atoms with E-state index in [1.165, 1.54) is 7.11 Å². The summed E-state index contributed by atoms with van der Waals surface area (Å²) in [7, 11) is 3.26. The molecule has 25 heavy (non-hydrogen) atoms. The summed E-state index contributed by atoms with van der Waals surface area (Å²) in [5.74, 6) is 1.69. The third-order valence-corrected chi connectivity index (χ3v) is 4.01. The highest BCUT2D eigenvalue weighted by Gasteiger charge is 2.29. The first-order valence-electron chi connectivity index (χ1n) is 7.92. The van der Waals surface area contributed by atoms with Crippen molar-refractivity contribution < 1.29 is 19.1 Å². The molecule has 2 aromatic rings. The number of anilines is 2. The zero-order valence-electron chi connectivity index (χ0n) is 14.3. The lowest BCUT2D eigenvalue weighted by Gasteiger charge is -2.20. The van der Waals surface area contributed by atoms with Crippen molar-refractivity contribution in [2.45, 2.75) is 19.3 Å². The van der Waals surface area contributed by atoms with Gasteiger partial charge in [-0.25, -0.2) is 0 Å². The molecule has 0 aliphatic carbocycles. The first kappa shape index (κ1) is 16.8. The summed E-state index contributed by atoms with van der Waals surface area (Å²) >= 11 is 0. The molecule has 2 amide bonds. The van der Waals surface area contributed by atoms with Crippen LogP contribution in [0.5, 0.6) is 11.5 Å². The number of nitrogens with zero attached hydrogens (tertiary/aromatic N) is 2. The molecule has 2 heterocycles. The smallest absolute Gasteiger partial charge is 0.263 e. The first-order valence-corrected chi connectivity index (χ1v) is 7.92. The zero-order chi connectivity index (χ0) is 18.0. The summed E-state index contributed by atoms with van der Waals surface area (Å²) in [5, 5.41) is 9.84. The van der Waals surface area contributed by atoms with Gasteiger partial charge in [0.2, 0.25) is 5.91 Å². The van der Waals surface area contributed by atoms with E-state index in [4.69, 9.17) is 9.47 Å². The third kappa shape index (κ3) is 3.42. The van der Waals surface area contributed by atoms with Crippen LogP contribution in [0.3, 0.4) is 0 Å². The van der Waals surface area contributed by atoms with Crippen LogP contribution in [0.2, 0.25) is 0 Å². The van der Waals surface area contributed by atoms with Crippen molar-refractivity contribution >= 4 is 23.5 Å². The van der Waals surface area contributed by atoms with Crippen LogP contribution in [0.4, 0.5) is 11.6 Å². The largest absolute Gasteiger partial charge is 0.493 e. The SMILES string of the molecule is COc1ccccc1OCC(=O)Nc1nn(C)c2c1C(C)CC(=O)N2. The Morgan fingerprint density at radius 3 is 2.84 bits per heavy atom. The number of methoxy groups -OCH3 is 1. The Morgan fingerprint density at radius 1 is 1.40 bits per heavy atom. The summed E-state index contributed by atoms with van der Waals surface area (Å²) in [6.07, 6.45) is 0.360. The van der Waals surface area contributed by atoms with Crippen molar-refractivity contribution in [1.82, 2.24) is 9.78 Å². The van der Waals surface area contributed by atoms with Crippen LogP contribution in [0.1, 0.15) is 24.8 Å². The van der Waals surface area contributed by atoms with Gasteiger partial charge in [0.15, 0.2) is 23.9 Å². The van der Waals surface area contributed by atoms with E-state index in [9.17, 15) is 9.59 Å². The molecule has 1 aromatic heterocycles. The number of nitrogens with one attached hydrogen (secondary N) is 2. The van der Waals surface area contributed by atoms with Crippen LogP contribution < -0.4 is 20.1 Å². The molecule has 1 aromatic carbocycles. The van der Waals surface area contributed by atoms with Crippen molar-refractivity contribution in [1.29, 1.82) is 0 Å². The number of carbonyl (C=O) groups is 2. The topological polar surface area (TPSA) is 94.5 Å². The molecule has 8 nitrogen and oxygen atoms in total. The molecule has 0 fully saturated rings. The first-order chi connectivity index (χ1) is 12.0. The second-order valence-electron chi connectivity index (χ2n) is 5.88. The monoisotopic (exact) mass is 344 g/mol. The molecule has 0 saturated heterocycles. The zero-order valence-corrected chi connectivity index (χ0v) is 14.3. The van der Waals surface area contributed by atoms with E-state index in [0.29, 0.717) is 29.6 Å². The fraction of sp³-hybridized carbons (Fsp3) is 0.353. The van der Waals surface area contributed by atoms with E-state index in [0.717, 1.165) is 5.56 Å². The van der Waals surface area contributed by atoms with Gasteiger partial charge in [0, 0.05) is 19.0 Å². The van der Waals surface area contributed by atoms with Crippen LogP contribution in [0, 0.1) is 0 Å². The average Bonchev–Trinajstić information content (AvgIpc) is 2.89. The Kier molecular flexibility index (Phi) is 4.60. The molecule has 1 aliphatic rings. The molecule has 132 valence electrons. The van der Waals surface area contributed by atoms with Crippen LogP contribution in [0.25, 0.3) is 0 Å². The predicted molar refractivity (Wildman–Crippen MR) is 92.0 cm³/mol. The summed E-state index contributed by atoms with van der Waals surface area (Å²) < 4.78 is 12.3. The maximum Gasteiger partial charge on any atom is 0.263 e. The van der Waals surface area contributed by atoms with Gasteiger partial charge in [-0.3, -0.25) is 14.3 Å². The maximum atomic E-state index is 12.2. The fourth-order valence-electron chi connectivity index (χ4n) is 2.86. The number of ether oxygens (including phenoxy) is 2. The van der Waals surface area contributed by atoms with Crippen LogP contribution in [-0.4, -0.2) is 35.3 Å². The minimum absolute atomic E-state index is 0.0251. The van der Waals surface area contributed by atoms with Crippen LogP contribution >= 0.6 is 0 Å². The lowest BCUT2D eigenvalue weighted by Crippen LogP contribution is -2.24. The van der Waals surface area contributed by atoms with Gasteiger partial charge in [-0.05, 0) is 18.1 Å². The van der Waals surface area contributed by atoms with E-state index in [1.807, 2.05) is 13.0 Å². The highest BCUT2D eigenvalue weighted by atomic mass is 16.5. The maximum absolute atomic E-state index is 12.2. The summed E-state index contributed by atoms with van der Waals surface area (Å²) in [5.41, 5.74) is 0.827. The molecule has 8 heteroatoms. The number of amides is 2. The number of benzene rings is 1. The van der Waals surface area contributed by atoms with Gasteiger partial charge < -0.3 is 20.1 Å².